The van der Waals surface area contributed by atoms with Crippen LogP contribution in [-0.2, 0) is 13.5 Å². The number of halogens is 1. The Balaban J connectivity index is 2.22. The highest BCUT2D eigenvalue weighted by molar-refractivity contribution is 6.31. The zero-order chi connectivity index (χ0) is 12.3. The van der Waals surface area contributed by atoms with Gasteiger partial charge in [-0.15, -0.1) is 0 Å². The van der Waals surface area contributed by atoms with Gasteiger partial charge in [-0.05, 0) is 25.1 Å². The van der Waals surface area contributed by atoms with Gasteiger partial charge in [0.1, 0.15) is 0 Å². The summed E-state index contributed by atoms with van der Waals surface area (Å²) in [6, 6.07) is 2.14. The van der Waals surface area contributed by atoms with Crippen molar-refractivity contribution in [1.82, 2.24) is 19.9 Å². The monoisotopic (exact) mass is 250 g/mol. The van der Waals surface area contributed by atoms with Crippen molar-refractivity contribution in [3.05, 3.63) is 47.3 Å². The number of aryl methyl sites for hydroxylation is 1. The molecule has 5 heteroatoms. The number of aromatic nitrogens is 3. The van der Waals surface area contributed by atoms with E-state index in [1.165, 1.54) is 0 Å². The van der Waals surface area contributed by atoms with Crippen LogP contribution in [0.1, 0.15) is 17.3 Å². The minimum absolute atomic E-state index is 0.197. The standard InChI is InChI=1S/C12H15ClN4/c1-14-11(12-7-16-8-17(12)2)5-9-3-4-15-6-10(9)13/h3-4,6-8,11,14H,5H2,1-2H3. The van der Waals surface area contributed by atoms with E-state index < -0.39 is 0 Å². The highest BCUT2D eigenvalue weighted by Crippen LogP contribution is 2.21. The van der Waals surface area contributed by atoms with Crippen LogP contribution in [0.3, 0.4) is 0 Å². The normalized spacial score (nSPS) is 12.6. The molecule has 2 rings (SSSR count). The molecule has 1 N–H and O–H groups in total. The van der Waals surface area contributed by atoms with Crippen molar-refractivity contribution >= 4 is 11.6 Å². The molecule has 0 fully saturated rings. The van der Waals surface area contributed by atoms with Crippen LogP contribution in [0.2, 0.25) is 5.02 Å². The van der Waals surface area contributed by atoms with E-state index in [1.54, 1.807) is 18.7 Å². The first-order valence-electron chi connectivity index (χ1n) is 5.44. The average Bonchev–Trinajstić information content (AvgIpc) is 2.75. The predicted molar refractivity (Wildman–Crippen MR) is 68.0 cm³/mol. The molecule has 90 valence electrons. The van der Waals surface area contributed by atoms with Crippen molar-refractivity contribution in [3.8, 4) is 0 Å². The fourth-order valence-electron chi connectivity index (χ4n) is 1.85. The van der Waals surface area contributed by atoms with Gasteiger partial charge < -0.3 is 9.88 Å². The maximum atomic E-state index is 6.11. The Morgan fingerprint density at radius 2 is 2.24 bits per heavy atom. The van der Waals surface area contributed by atoms with Gasteiger partial charge in [-0.2, -0.15) is 0 Å². The van der Waals surface area contributed by atoms with Crippen molar-refractivity contribution in [2.75, 3.05) is 7.05 Å². The maximum Gasteiger partial charge on any atom is 0.0946 e. The Morgan fingerprint density at radius 3 is 2.82 bits per heavy atom. The van der Waals surface area contributed by atoms with Crippen LogP contribution in [-0.4, -0.2) is 21.6 Å². The smallest absolute Gasteiger partial charge is 0.0946 e. The zero-order valence-electron chi connectivity index (χ0n) is 9.89. The molecule has 0 aliphatic rings. The highest BCUT2D eigenvalue weighted by Gasteiger charge is 2.14. The molecule has 1 atom stereocenters. The van der Waals surface area contributed by atoms with E-state index in [4.69, 9.17) is 11.6 Å². The maximum absolute atomic E-state index is 6.11. The summed E-state index contributed by atoms with van der Waals surface area (Å²) in [6.07, 6.45) is 7.92. The van der Waals surface area contributed by atoms with Crippen LogP contribution in [0, 0.1) is 0 Å². The molecule has 0 aromatic carbocycles. The Bertz CT molecular complexity index is 495. The van der Waals surface area contributed by atoms with Gasteiger partial charge in [0.25, 0.3) is 0 Å². The van der Waals surface area contributed by atoms with Crippen LogP contribution < -0.4 is 5.32 Å². The van der Waals surface area contributed by atoms with Gasteiger partial charge in [-0.3, -0.25) is 4.98 Å². The lowest BCUT2D eigenvalue weighted by Crippen LogP contribution is -2.21. The van der Waals surface area contributed by atoms with Crippen LogP contribution in [0.25, 0.3) is 0 Å². The highest BCUT2D eigenvalue weighted by atomic mass is 35.5. The predicted octanol–water partition coefficient (Wildman–Crippen LogP) is 1.97. The van der Waals surface area contributed by atoms with Crippen molar-refractivity contribution in [2.24, 2.45) is 7.05 Å². The van der Waals surface area contributed by atoms with Crippen LogP contribution in [0.4, 0.5) is 0 Å². The fraction of sp³-hybridized carbons (Fsp3) is 0.333. The SMILES string of the molecule is CNC(Cc1ccncc1Cl)c1cncn1C. The third-order valence-electron chi connectivity index (χ3n) is 2.84. The first kappa shape index (κ1) is 12.1. The molecule has 1 unspecified atom stereocenters. The Kier molecular flexibility index (Phi) is 3.76. The number of nitrogens with zero attached hydrogens (tertiary/aromatic N) is 3. The van der Waals surface area contributed by atoms with Crippen molar-refractivity contribution in [3.63, 3.8) is 0 Å². The van der Waals surface area contributed by atoms with Gasteiger partial charge in [0.05, 0.1) is 23.1 Å². The van der Waals surface area contributed by atoms with E-state index in [0.717, 1.165) is 17.7 Å². The third-order valence-corrected chi connectivity index (χ3v) is 3.18. The molecule has 2 aromatic heterocycles. The summed E-state index contributed by atoms with van der Waals surface area (Å²) < 4.78 is 2.01. The molecule has 0 aliphatic carbocycles. The van der Waals surface area contributed by atoms with E-state index in [1.807, 2.05) is 30.9 Å². The van der Waals surface area contributed by atoms with Gasteiger partial charge in [0, 0.05) is 25.6 Å². The molecule has 0 radical (unpaired) electrons. The topological polar surface area (TPSA) is 42.7 Å². The van der Waals surface area contributed by atoms with Crippen molar-refractivity contribution < 1.29 is 0 Å². The number of pyridine rings is 1. The summed E-state index contributed by atoms with van der Waals surface area (Å²) in [5.74, 6) is 0. The average molecular weight is 251 g/mol. The fourth-order valence-corrected chi connectivity index (χ4v) is 2.04. The number of hydrogen-bond donors (Lipinski definition) is 1. The summed E-state index contributed by atoms with van der Waals surface area (Å²) >= 11 is 6.11. The minimum Gasteiger partial charge on any atom is -0.336 e. The Morgan fingerprint density at radius 1 is 1.41 bits per heavy atom. The molecular weight excluding hydrogens is 236 g/mol. The molecular formula is C12H15ClN4. The van der Waals surface area contributed by atoms with E-state index >= 15 is 0 Å². The summed E-state index contributed by atoms with van der Waals surface area (Å²) in [5, 5.41) is 3.98. The van der Waals surface area contributed by atoms with Crippen molar-refractivity contribution in [1.29, 1.82) is 0 Å². The second-order valence-corrected chi connectivity index (χ2v) is 4.35. The molecule has 0 spiro atoms. The largest absolute Gasteiger partial charge is 0.336 e. The van der Waals surface area contributed by atoms with Crippen molar-refractivity contribution in [2.45, 2.75) is 12.5 Å². The van der Waals surface area contributed by atoms with Gasteiger partial charge in [0.15, 0.2) is 0 Å². The minimum atomic E-state index is 0.197. The van der Waals surface area contributed by atoms with Gasteiger partial charge >= 0.3 is 0 Å². The number of rotatable bonds is 4. The lowest BCUT2D eigenvalue weighted by atomic mass is 10.0. The summed E-state index contributed by atoms with van der Waals surface area (Å²) in [5.41, 5.74) is 2.22. The Hall–Kier alpha value is -1.39. The second-order valence-electron chi connectivity index (χ2n) is 3.94. The Labute approximate surface area is 106 Å². The van der Waals surface area contributed by atoms with Gasteiger partial charge in [-0.25, -0.2) is 4.98 Å². The van der Waals surface area contributed by atoms with Crippen LogP contribution in [0.15, 0.2) is 31.0 Å². The number of imidazole rings is 1. The molecule has 0 aliphatic heterocycles. The van der Waals surface area contributed by atoms with E-state index in [0.29, 0.717) is 5.02 Å². The zero-order valence-corrected chi connectivity index (χ0v) is 10.6. The molecule has 2 aromatic rings. The molecule has 0 bridgehead atoms. The second kappa shape index (κ2) is 5.29. The summed E-state index contributed by atoms with van der Waals surface area (Å²) in [7, 11) is 3.92. The summed E-state index contributed by atoms with van der Waals surface area (Å²) in [6.45, 7) is 0. The van der Waals surface area contributed by atoms with E-state index in [9.17, 15) is 0 Å². The molecule has 0 saturated carbocycles. The quantitative estimate of drug-likeness (QED) is 0.902. The van der Waals surface area contributed by atoms with E-state index in [2.05, 4.69) is 15.3 Å². The van der Waals surface area contributed by atoms with Gasteiger partial charge in [-0.1, -0.05) is 11.6 Å². The molecule has 0 saturated heterocycles. The molecule has 4 nitrogen and oxygen atoms in total. The number of likely N-dealkylation sites (N-methyl/N-ethyl adjacent to an activating group) is 1. The van der Waals surface area contributed by atoms with Crippen LogP contribution in [0.5, 0.6) is 0 Å². The first-order valence-corrected chi connectivity index (χ1v) is 5.82. The lowest BCUT2D eigenvalue weighted by Gasteiger charge is -2.17. The van der Waals surface area contributed by atoms with Gasteiger partial charge in [0.2, 0.25) is 0 Å². The van der Waals surface area contributed by atoms with E-state index in [-0.39, 0.29) is 6.04 Å². The molecule has 2 heterocycles. The lowest BCUT2D eigenvalue weighted by molar-refractivity contribution is 0.555. The molecule has 0 amide bonds. The number of hydrogen-bond acceptors (Lipinski definition) is 3. The third kappa shape index (κ3) is 2.65. The van der Waals surface area contributed by atoms with Crippen LogP contribution >= 0.6 is 11.6 Å². The first-order chi connectivity index (χ1) is 8.22. The number of nitrogens with one attached hydrogen (secondary N) is 1. The molecule has 17 heavy (non-hydrogen) atoms. The summed E-state index contributed by atoms with van der Waals surface area (Å²) in [4.78, 5) is 8.12.